The number of amides is 1. The smallest absolute Gasteiger partial charge is 0.307 e. The van der Waals surface area contributed by atoms with Gasteiger partial charge in [-0.1, -0.05) is 29.5 Å². The molecule has 3 aromatic rings. The average molecular weight is 445 g/mol. The molecule has 0 radical (unpaired) electrons. The van der Waals surface area contributed by atoms with E-state index in [9.17, 15) is 9.59 Å². The van der Waals surface area contributed by atoms with Crippen molar-refractivity contribution in [2.75, 3.05) is 19.7 Å². The number of thiazole rings is 1. The van der Waals surface area contributed by atoms with Gasteiger partial charge in [-0.2, -0.15) is 4.99 Å². The molecule has 0 bridgehead atoms. The highest BCUT2D eigenvalue weighted by Gasteiger charge is 2.18. The number of benzene rings is 2. The third kappa shape index (κ3) is 4.68. The van der Waals surface area contributed by atoms with E-state index in [1.807, 2.05) is 47.0 Å². The zero-order chi connectivity index (χ0) is 20.9. The SMILES string of the molecule is COC(=O)CCn1c(=NC(=O)CCSc2ccccc2)sc2cc3c(cc21)OCO3. The van der Waals surface area contributed by atoms with E-state index in [2.05, 4.69) is 4.99 Å². The number of methoxy groups -OCH3 is 1. The third-order valence-corrected chi connectivity index (χ3v) is 6.55. The fraction of sp³-hybridized carbons (Fsp3) is 0.286. The molecule has 0 spiro atoms. The Morgan fingerprint density at radius 1 is 1.17 bits per heavy atom. The molecule has 1 aliphatic rings. The lowest BCUT2D eigenvalue weighted by atomic mass is 10.3. The summed E-state index contributed by atoms with van der Waals surface area (Å²) in [6.45, 7) is 0.542. The van der Waals surface area contributed by atoms with E-state index in [0.717, 1.165) is 15.1 Å². The van der Waals surface area contributed by atoms with Crippen molar-refractivity contribution in [3.63, 3.8) is 0 Å². The number of nitrogens with zero attached hydrogens (tertiary/aromatic N) is 2. The number of aryl methyl sites for hydroxylation is 1. The van der Waals surface area contributed by atoms with Crippen LogP contribution in [0.3, 0.4) is 0 Å². The molecule has 0 saturated heterocycles. The van der Waals surface area contributed by atoms with Crippen LogP contribution in [-0.2, 0) is 20.9 Å². The fourth-order valence-corrected chi connectivity index (χ4v) is 4.95. The molecule has 0 saturated carbocycles. The van der Waals surface area contributed by atoms with Gasteiger partial charge >= 0.3 is 5.97 Å². The first kappa shape index (κ1) is 20.5. The highest BCUT2D eigenvalue weighted by atomic mass is 32.2. The number of fused-ring (bicyclic) bond motifs is 2. The van der Waals surface area contributed by atoms with Gasteiger partial charge in [-0.3, -0.25) is 9.59 Å². The van der Waals surface area contributed by atoms with Crippen molar-refractivity contribution in [2.24, 2.45) is 4.99 Å². The highest BCUT2D eigenvalue weighted by molar-refractivity contribution is 7.99. The maximum atomic E-state index is 12.5. The minimum Gasteiger partial charge on any atom is -0.469 e. The number of carbonyl (C=O) groups excluding carboxylic acids is 2. The second-order valence-electron chi connectivity index (χ2n) is 6.45. The quantitative estimate of drug-likeness (QED) is 0.409. The standard InChI is InChI=1S/C21H20N2O5S2/c1-26-20(25)7-9-23-15-11-16-17(28-13-27-16)12-18(15)30-21(23)22-19(24)8-10-29-14-5-3-2-4-6-14/h2-6,11-12H,7-10,13H2,1H3. The van der Waals surface area contributed by atoms with Gasteiger partial charge in [0, 0.05) is 35.7 Å². The summed E-state index contributed by atoms with van der Waals surface area (Å²) < 4.78 is 18.4. The first-order valence-electron chi connectivity index (χ1n) is 9.39. The minimum absolute atomic E-state index is 0.183. The van der Waals surface area contributed by atoms with Gasteiger partial charge in [0.25, 0.3) is 0 Å². The molecule has 0 aliphatic carbocycles. The summed E-state index contributed by atoms with van der Waals surface area (Å²) in [5.74, 6) is 1.44. The van der Waals surface area contributed by atoms with E-state index >= 15 is 0 Å². The van der Waals surface area contributed by atoms with Crippen LogP contribution in [0.4, 0.5) is 0 Å². The first-order chi connectivity index (χ1) is 14.6. The van der Waals surface area contributed by atoms with Crippen LogP contribution in [0.25, 0.3) is 10.2 Å². The predicted octanol–water partition coefficient (Wildman–Crippen LogP) is 3.60. The number of carbonyl (C=O) groups is 2. The van der Waals surface area contributed by atoms with Gasteiger partial charge < -0.3 is 18.8 Å². The molecule has 2 heterocycles. The van der Waals surface area contributed by atoms with Crippen LogP contribution in [-0.4, -0.2) is 36.1 Å². The van der Waals surface area contributed by atoms with Crippen molar-refractivity contribution in [1.82, 2.24) is 4.57 Å². The van der Waals surface area contributed by atoms with Crippen molar-refractivity contribution >= 4 is 45.2 Å². The van der Waals surface area contributed by atoms with Gasteiger partial charge in [0.05, 0.1) is 23.7 Å². The fourth-order valence-electron chi connectivity index (χ4n) is 3.00. The van der Waals surface area contributed by atoms with E-state index in [4.69, 9.17) is 14.2 Å². The van der Waals surface area contributed by atoms with E-state index in [0.29, 0.717) is 35.0 Å². The van der Waals surface area contributed by atoms with Crippen molar-refractivity contribution in [3.05, 3.63) is 47.3 Å². The predicted molar refractivity (Wildman–Crippen MR) is 115 cm³/mol. The molecule has 2 aromatic carbocycles. The Morgan fingerprint density at radius 2 is 1.93 bits per heavy atom. The topological polar surface area (TPSA) is 79.1 Å². The molecule has 9 heteroatoms. The Morgan fingerprint density at radius 3 is 2.70 bits per heavy atom. The van der Waals surface area contributed by atoms with E-state index in [1.54, 1.807) is 11.8 Å². The number of hydrogen-bond acceptors (Lipinski definition) is 7. The van der Waals surface area contributed by atoms with Crippen molar-refractivity contribution in [2.45, 2.75) is 24.3 Å². The molecule has 156 valence electrons. The molecular formula is C21H20N2O5S2. The molecule has 0 atom stereocenters. The van der Waals surface area contributed by atoms with Crippen LogP contribution in [0.5, 0.6) is 11.5 Å². The van der Waals surface area contributed by atoms with Crippen LogP contribution in [0.1, 0.15) is 12.8 Å². The first-order valence-corrected chi connectivity index (χ1v) is 11.2. The minimum atomic E-state index is -0.320. The zero-order valence-corrected chi connectivity index (χ0v) is 18.0. The largest absolute Gasteiger partial charge is 0.469 e. The van der Waals surface area contributed by atoms with Crippen molar-refractivity contribution in [1.29, 1.82) is 0 Å². The Hall–Kier alpha value is -2.78. The number of thioether (sulfide) groups is 1. The Bertz CT molecular complexity index is 1140. The summed E-state index contributed by atoms with van der Waals surface area (Å²) in [6, 6.07) is 13.7. The van der Waals surface area contributed by atoms with Crippen LogP contribution in [0, 0.1) is 0 Å². The molecule has 1 aromatic heterocycles. The van der Waals surface area contributed by atoms with Crippen LogP contribution in [0.2, 0.25) is 0 Å². The molecule has 4 rings (SSSR count). The second kappa shape index (κ2) is 9.36. The zero-order valence-electron chi connectivity index (χ0n) is 16.3. The Labute approximate surface area is 181 Å². The van der Waals surface area contributed by atoms with Gasteiger partial charge in [0.15, 0.2) is 16.3 Å². The van der Waals surface area contributed by atoms with Crippen molar-refractivity contribution < 1.29 is 23.8 Å². The molecule has 30 heavy (non-hydrogen) atoms. The van der Waals surface area contributed by atoms with E-state index in [1.165, 1.54) is 18.4 Å². The van der Waals surface area contributed by atoms with Gasteiger partial charge in [0.1, 0.15) is 0 Å². The molecular weight excluding hydrogens is 424 g/mol. The lowest BCUT2D eigenvalue weighted by molar-refractivity contribution is -0.140. The number of ether oxygens (including phenoxy) is 3. The van der Waals surface area contributed by atoms with Crippen LogP contribution < -0.4 is 14.3 Å². The molecule has 0 N–H and O–H groups in total. The third-order valence-electron chi connectivity index (χ3n) is 4.49. The lowest BCUT2D eigenvalue weighted by Gasteiger charge is -2.05. The van der Waals surface area contributed by atoms with Crippen LogP contribution >= 0.6 is 23.1 Å². The van der Waals surface area contributed by atoms with Gasteiger partial charge in [-0.05, 0) is 12.1 Å². The van der Waals surface area contributed by atoms with E-state index in [-0.39, 0.29) is 25.1 Å². The molecule has 1 amide bonds. The summed E-state index contributed by atoms with van der Waals surface area (Å²) in [5, 5.41) is 0. The monoisotopic (exact) mass is 444 g/mol. The molecule has 0 fully saturated rings. The number of esters is 1. The molecule has 0 unspecified atom stereocenters. The normalized spacial score (nSPS) is 13.0. The van der Waals surface area contributed by atoms with Gasteiger partial charge in [0.2, 0.25) is 12.7 Å². The highest BCUT2D eigenvalue weighted by Crippen LogP contribution is 2.37. The number of hydrogen-bond donors (Lipinski definition) is 0. The number of aromatic nitrogens is 1. The van der Waals surface area contributed by atoms with Crippen LogP contribution in [0.15, 0.2) is 52.4 Å². The summed E-state index contributed by atoms with van der Waals surface area (Å²) >= 11 is 3.01. The maximum Gasteiger partial charge on any atom is 0.307 e. The summed E-state index contributed by atoms with van der Waals surface area (Å²) in [4.78, 5) is 30.2. The summed E-state index contributed by atoms with van der Waals surface area (Å²) in [6.07, 6.45) is 0.509. The Kier molecular flexibility index (Phi) is 6.39. The lowest BCUT2D eigenvalue weighted by Crippen LogP contribution is -2.19. The van der Waals surface area contributed by atoms with Gasteiger partial charge in [-0.15, -0.1) is 11.8 Å². The van der Waals surface area contributed by atoms with E-state index < -0.39 is 0 Å². The second-order valence-corrected chi connectivity index (χ2v) is 8.63. The average Bonchev–Trinajstić information content (AvgIpc) is 3.34. The summed E-state index contributed by atoms with van der Waals surface area (Å²) in [5.41, 5.74) is 0.846. The Balaban J connectivity index is 1.57. The molecule has 7 nitrogen and oxygen atoms in total. The maximum absolute atomic E-state index is 12.5. The summed E-state index contributed by atoms with van der Waals surface area (Å²) in [7, 11) is 1.36. The van der Waals surface area contributed by atoms with Gasteiger partial charge in [-0.25, -0.2) is 0 Å². The molecule has 1 aliphatic heterocycles. The number of rotatable bonds is 7. The van der Waals surface area contributed by atoms with Crippen molar-refractivity contribution in [3.8, 4) is 11.5 Å².